The quantitative estimate of drug-likeness (QED) is 0.648. The molecule has 5 nitrogen and oxygen atoms in total. The molecule has 1 aromatic heterocycles. The van der Waals surface area contributed by atoms with Crippen molar-refractivity contribution in [3.8, 4) is 5.69 Å². The third-order valence-electron chi connectivity index (χ3n) is 3.63. The zero-order valence-corrected chi connectivity index (χ0v) is 13.9. The zero-order valence-electron chi connectivity index (χ0n) is 12.3. The van der Waals surface area contributed by atoms with E-state index in [0.717, 1.165) is 42.1 Å². The molecular weight excluding hydrogens is 320 g/mol. The van der Waals surface area contributed by atoms with Crippen LogP contribution in [0.25, 0.3) is 5.69 Å². The van der Waals surface area contributed by atoms with Crippen LogP contribution >= 0.6 is 23.4 Å². The number of nitrogens with zero attached hydrogens (tertiary/aromatic N) is 4. The fourth-order valence-corrected chi connectivity index (χ4v) is 3.63. The van der Waals surface area contributed by atoms with Crippen LogP contribution in [0.1, 0.15) is 19.3 Å². The second kappa shape index (κ2) is 7.35. The first-order valence-electron chi connectivity index (χ1n) is 7.50. The summed E-state index contributed by atoms with van der Waals surface area (Å²) in [4.78, 5) is 2.26. The number of anilines is 1. The SMILES string of the molecule is OCCCSc1nnc(N2CCCC2)n1-c1ccccc1Cl. The molecule has 3 rings (SSSR count). The molecule has 0 aliphatic carbocycles. The number of aromatic nitrogens is 3. The van der Waals surface area contributed by atoms with Crippen molar-refractivity contribution in [3.63, 3.8) is 0 Å². The molecule has 1 aromatic carbocycles. The van der Waals surface area contributed by atoms with E-state index in [1.165, 1.54) is 12.8 Å². The standard InChI is InChI=1S/C15H19ClN4OS/c16-12-6-1-2-7-13(12)20-14(19-8-3-4-9-19)17-18-15(20)22-11-5-10-21/h1-2,6-7,21H,3-5,8-11H2. The third-order valence-corrected chi connectivity index (χ3v) is 4.97. The van der Waals surface area contributed by atoms with E-state index >= 15 is 0 Å². The maximum absolute atomic E-state index is 8.97. The molecule has 22 heavy (non-hydrogen) atoms. The van der Waals surface area contributed by atoms with Crippen molar-refractivity contribution in [1.29, 1.82) is 0 Å². The highest BCUT2D eigenvalue weighted by atomic mass is 35.5. The van der Waals surface area contributed by atoms with E-state index in [-0.39, 0.29) is 6.61 Å². The van der Waals surface area contributed by atoms with E-state index < -0.39 is 0 Å². The monoisotopic (exact) mass is 338 g/mol. The molecular formula is C15H19ClN4OS. The lowest BCUT2D eigenvalue weighted by Crippen LogP contribution is -2.22. The number of hydrogen-bond donors (Lipinski definition) is 1. The van der Waals surface area contributed by atoms with Gasteiger partial charge in [-0.05, 0) is 31.4 Å². The van der Waals surface area contributed by atoms with Gasteiger partial charge in [0.2, 0.25) is 5.95 Å². The number of para-hydroxylation sites is 1. The number of rotatable bonds is 6. The first-order chi connectivity index (χ1) is 10.8. The van der Waals surface area contributed by atoms with Gasteiger partial charge in [0.15, 0.2) is 5.16 Å². The molecule has 0 radical (unpaired) electrons. The van der Waals surface area contributed by atoms with E-state index in [9.17, 15) is 0 Å². The molecule has 1 aliphatic heterocycles. The Morgan fingerprint density at radius 2 is 1.95 bits per heavy atom. The predicted molar refractivity (Wildman–Crippen MR) is 90.2 cm³/mol. The molecule has 1 aliphatic rings. The fraction of sp³-hybridized carbons (Fsp3) is 0.467. The van der Waals surface area contributed by atoms with Gasteiger partial charge in [-0.3, -0.25) is 4.57 Å². The maximum atomic E-state index is 8.97. The minimum atomic E-state index is 0.187. The van der Waals surface area contributed by atoms with Crippen LogP contribution in [0.15, 0.2) is 29.4 Å². The van der Waals surface area contributed by atoms with Gasteiger partial charge in [-0.15, -0.1) is 10.2 Å². The second-order valence-electron chi connectivity index (χ2n) is 5.19. The van der Waals surface area contributed by atoms with Gasteiger partial charge in [-0.2, -0.15) is 0 Å². The number of halogens is 1. The molecule has 0 amide bonds. The highest BCUT2D eigenvalue weighted by Gasteiger charge is 2.23. The van der Waals surface area contributed by atoms with Gasteiger partial charge in [0, 0.05) is 25.4 Å². The fourth-order valence-electron chi connectivity index (χ4n) is 2.55. The molecule has 0 saturated carbocycles. The summed E-state index contributed by atoms with van der Waals surface area (Å²) in [6.07, 6.45) is 3.10. The Morgan fingerprint density at radius 1 is 1.18 bits per heavy atom. The van der Waals surface area contributed by atoms with E-state index in [0.29, 0.717) is 5.02 Å². The predicted octanol–water partition coefficient (Wildman–Crippen LogP) is 3.00. The topological polar surface area (TPSA) is 54.2 Å². The van der Waals surface area contributed by atoms with Gasteiger partial charge in [-0.1, -0.05) is 35.5 Å². The average molecular weight is 339 g/mol. The highest BCUT2D eigenvalue weighted by Crippen LogP contribution is 2.31. The van der Waals surface area contributed by atoms with E-state index in [1.54, 1.807) is 11.8 Å². The number of benzene rings is 1. The third kappa shape index (κ3) is 3.24. The largest absolute Gasteiger partial charge is 0.396 e. The first kappa shape index (κ1) is 15.6. The van der Waals surface area contributed by atoms with E-state index in [4.69, 9.17) is 16.7 Å². The molecule has 0 atom stereocenters. The summed E-state index contributed by atoms with van der Waals surface area (Å²) in [5.41, 5.74) is 0.905. The summed E-state index contributed by atoms with van der Waals surface area (Å²) in [5, 5.41) is 19.2. The van der Waals surface area contributed by atoms with Crippen molar-refractivity contribution in [2.24, 2.45) is 0 Å². The molecule has 0 spiro atoms. The number of aliphatic hydroxyl groups excluding tert-OH is 1. The van der Waals surface area contributed by atoms with Gasteiger partial charge in [0.1, 0.15) is 0 Å². The summed E-state index contributed by atoms with van der Waals surface area (Å²) < 4.78 is 2.04. The summed E-state index contributed by atoms with van der Waals surface area (Å²) in [5.74, 6) is 1.66. The number of aliphatic hydroxyl groups is 1. The molecule has 7 heteroatoms. The molecule has 2 heterocycles. The highest BCUT2D eigenvalue weighted by molar-refractivity contribution is 7.99. The molecule has 118 valence electrons. The van der Waals surface area contributed by atoms with Crippen LogP contribution in [0, 0.1) is 0 Å². The van der Waals surface area contributed by atoms with E-state index in [1.807, 2.05) is 28.8 Å². The van der Waals surface area contributed by atoms with Crippen molar-refractivity contribution in [1.82, 2.24) is 14.8 Å². The smallest absolute Gasteiger partial charge is 0.232 e. The summed E-state index contributed by atoms with van der Waals surface area (Å²) in [6.45, 7) is 2.19. The van der Waals surface area contributed by atoms with Crippen LogP contribution in [0.5, 0.6) is 0 Å². The van der Waals surface area contributed by atoms with Crippen molar-refractivity contribution in [2.75, 3.05) is 30.3 Å². The van der Waals surface area contributed by atoms with Crippen molar-refractivity contribution < 1.29 is 5.11 Å². The zero-order chi connectivity index (χ0) is 15.4. The van der Waals surface area contributed by atoms with Gasteiger partial charge in [0.25, 0.3) is 0 Å². The first-order valence-corrected chi connectivity index (χ1v) is 8.86. The normalized spacial score (nSPS) is 14.7. The second-order valence-corrected chi connectivity index (χ2v) is 6.66. The molecule has 1 saturated heterocycles. The van der Waals surface area contributed by atoms with Crippen LogP contribution in [0.4, 0.5) is 5.95 Å². The minimum Gasteiger partial charge on any atom is -0.396 e. The Hall–Kier alpha value is -1.24. The summed E-state index contributed by atoms with van der Waals surface area (Å²) in [7, 11) is 0. The molecule has 0 unspecified atom stereocenters. The van der Waals surface area contributed by atoms with Crippen LogP contribution in [-0.2, 0) is 0 Å². The lowest BCUT2D eigenvalue weighted by molar-refractivity contribution is 0.296. The average Bonchev–Trinajstić information content (AvgIpc) is 3.17. The van der Waals surface area contributed by atoms with Crippen LogP contribution in [0.2, 0.25) is 5.02 Å². The molecule has 0 bridgehead atoms. The lowest BCUT2D eigenvalue weighted by Gasteiger charge is -2.19. The van der Waals surface area contributed by atoms with Gasteiger partial charge in [0.05, 0.1) is 10.7 Å². The van der Waals surface area contributed by atoms with Gasteiger partial charge < -0.3 is 10.0 Å². The Morgan fingerprint density at radius 3 is 2.68 bits per heavy atom. The van der Waals surface area contributed by atoms with Gasteiger partial charge in [-0.25, -0.2) is 0 Å². The van der Waals surface area contributed by atoms with Gasteiger partial charge >= 0.3 is 0 Å². The van der Waals surface area contributed by atoms with Crippen LogP contribution < -0.4 is 4.90 Å². The Labute approximate surface area is 139 Å². The van der Waals surface area contributed by atoms with Crippen LogP contribution in [0.3, 0.4) is 0 Å². The number of thioether (sulfide) groups is 1. The van der Waals surface area contributed by atoms with Crippen molar-refractivity contribution >= 4 is 29.3 Å². The Kier molecular flexibility index (Phi) is 5.23. The van der Waals surface area contributed by atoms with Crippen molar-refractivity contribution in [3.05, 3.63) is 29.3 Å². The molecule has 2 aromatic rings. The summed E-state index contributed by atoms with van der Waals surface area (Å²) >= 11 is 7.98. The van der Waals surface area contributed by atoms with Crippen LogP contribution in [-0.4, -0.2) is 45.3 Å². The maximum Gasteiger partial charge on any atom is 0.232 e. The van der Waals surface area contributed by atoms with Crippen molar-refractivity contribution in [2.45, 2.75) is 24.4 Å². The molecule has 1 N–H and O–H groups in total. The number of hydrogen-bond acceptors (Lipinski definition) is 5. The van der Waals surface area contributed by atoms with E-state index in [2.05, 4.69) is 15.1 Å². The lowest BCUT2D eigenvalue weighted by atomic mass is 10.3. The Balaban J connectivity index is 1.98. The Bertz CT molecular complexity index is 628. The summed E-state index contributed by atoms with van der Waals surface area (Å²) in [6, 6.07) is 7.76. The minimum absolute atomic E-state index is 0.187. The molecule has 1 fully saturated rings.